The number of benzene rings is 1. The molecule has 0 aliphatic rings. The lowest BCUT2D eigenvalue weighted by Gasteiger charge is -2.06. The topological polar surface area (TPSA) is 21.3 Å². The molecule has 0 amide bonds. The van der Waals surface area contributed by atoms with Gasteiger partial charge in [0.25, 0.3) is 0 Å². The Kier molecular flexibility index (Phi) is 7.81. The lowest BCUT2D eigenvalue weighted by atomic mass is 10.2. The van der Waals surface area contributed by atoms with Gasteiger partial charge in [-0.05, 0) is 31.5 Å². The van der Waals surface area contributed by atoms with Gasteiger partial charge in [0.2, 0.25) is 0 Å². The summed E-state index contributed by atoms with van der Waals surface area (Å²) in [5.74, 6) is 1.04. The van der Waals surface area contributed by atoms with Gasteiger partial charge in [0.15, 0.2) is 0 Å². The maximum absolute atomic E-state index is 5.01. The van der Waals surface area contributed by atoms with E-state index in [4.69, 9.17) is 4.74 Å². The van der Waals surface area contributed by atoms with E-state index >= 15 is 0 Å². The van der Waals surface area contributed by atoms with E-state index in [9.17, 15) is 0 Å². The highest BCUT2D eigenvalue weighted by Crippen LogP contribution is 2.19. The van der Waals surface area contributed by atoms with Gasteiger partial charge in [-0.2, -0.15) is 0 Å². The standard InChI is InChI=1S/C15H23NOS/c1-13(2)7-10-18-15-6-4-5-14(11-15)12-16-8-9-17-3/h4-7,11,16H,8-10,12H2,1-3H3. The third-order valence-electron chi connectivity index (χ3n) is 2.45. The summed E-state index contributed by atoms with van der Waals surface area (Å²) in [6.45, 7) is 6.83. The first-order chi connectivity index (χ1) is 8.72. The van der Waals surface area contributed by atoms with Crippen LogP contribution < -0.4 is 5.32 Å². The van der Waals surface area contributed by atoms with Gasteiger partial charge in [0, 0.05) is 30.8 Å². The maximum atomic E-state index is 5.01. The Bertz CT molecular complexity index is 373. The molecule has 1 aromatic rings. The first-order valence-corrected chi connectivity index (χ1v) is 7.25. The average molecular weight is 265 g/mol. The molecule has 1 aromatic carbocycles. The zero-order valence-electron chi connectivity index (χ0n) is 11.5. The number of rotatable bonds is 8. The molecule has 100 valence electrons. The maximum Gasteiger partial charge on any atom is 0.0587 e. The molecule has 2 nitrogen and oxygen atoms in total. The molecule has 0 aliphatic heterocycles. The average Bonchev–Trinajstić information content (AvgIpc) is 2.35. The Hall–Kier alpha value is -0.770. The van der Waals surface area contributed by atoms with E-state index < -0.39 is 0 Å². The van der Waals surface area contributed by atoms with Crippen molar-refractivity contribution in [2.45, 2.75) is 25.3 Å². The van der Waals surface area contributed by atoms with Crippen molar-refractivity contribution in [1.29, 1.82) is 0 Å². The Morgan fingerprint density at radius 2 is 2.22 bits per heavy atom. The van der Waals surface area contributed by atoms with Crippen LogP contribution in [-0.4, -0.2) is 26.0 Å². The molecule has 0 bridgehead atoms. The van der Waals surface area contributed by atoms with E-state index in [1.165, 1.54) is 16.0 Å². The fourth-order valence-corrected chi connectivity index (χ4v) is 2.48. The summed E-state index contributed by atoms with van der Waals surface area (Å²) < 4.78 is 5.01. The fraction of sp³-hybridized carbons (Fsp3) is 0.467. The second-order valence-corrected chi connectivity index (χ2v) is 5.50. The Balaban J connectivity index is 2.39. The van der Waals surface area contributed by atoms with Crippen LogP contribution in [0.25, 0.3) is 0 Å². The zero-order valence-corrected chi connectivity index (χ0v) is 12.3. The zero-order chi connectivity index (χ0) is 13.2. The minimum atomic E-state index is 0.759. The number of nitrogens with one attached hydrogen (secondary N) is 1. The molecule has 0 spiro atoms. The Morgan fingerprint density at radius 3 is 2.94 bits per heavy atom. The number of allylic oxidation sites excluding steroid dienone is 1. The number of hydrogen-bond donors (Lipinski definition) is 1. The third-order valence-corrected chi connectivity index (χ3v) is 3.37. The molecule has 0 radical (unpaired) electrons. The summed E-state index contributed by atoms with van der Waals surface area (Å²) in [5, 5.41) is 3.36. The first kappa shape index (κ1) is 15.3. The monoisotopic (exact) mass is 265 g/mol. The van der Waals surface area contributed by atoms with Crippen LogP contribution >= 0.6 is 11.8 Å². The molecule has 0 saturated carbocycles. The highest BCUT2D eigenvalue weighted by molar-refractivity contribution is 7.99. The Morgan fingerprint density at radius 1 is 1.39 bits per heavy atom. The summed E-state index contributed by atoms with van der Waals surface area (Å²) >= 11 is 1.88. The molecule has 0 aliphatic carbocycles. The van der Waals surface area contributed by atoms with Crippen LogP contribution in [0.15, 0.2) is 40.8 Å². The SMILES string of the molecule is COCCNCc1cccc(SCC=C(C)C)c1. The number of ether oxygens (including phenoxy) is 1. The molecule has 0 unspecified atom stereocenters. The van der Waals surface area contributed by atoms with Crippen LogP contribution in [0.5, 0.6) is 0 Å². The summed E-state index contributed by atoms with van der Waals surface area (Å²) in [5.41, 5.74) is 2.70. The van der Waals surface area contributed by atoms with Crippen molar-refractivity contribution >= 4 is 11.8 Å². The predicted molar refractivity (Wildman–Crippen MR) is 80.2 cm³/mol. The first-order valence-electron chi connectivity index (χ1n) is 6.27. The summed E-state index contributed by atoms with van der Waals surface area (Å²) in [6.07, 6.45) is 2.26. The number of methoxy groups -OCH3 is 1. The molecular formula is C15H23NOS. The lowest BCUT2D eigenvalue weighted by molar-refractivity contribution is 0.199. The van der Waals surface area contributed by atoms with Gasteiger partial charge in [0.1, 0.15) is 0 Å². The van der Waals surface area contributed by atoms with Crippen LogP contribution in [0.1, 0.15) is 19.4 Å². The molecule has 0 heterocycles. The molecule has 0 saturated heterocycles. The van der Waals surface area contributed by atoms with E-state index in [1.807, 2.05) is 11.8 Å². The van der Waals surface area contributed by atoms with E-state index in [1.54, 1.807) is 7.11 Å². The largest absolute Gasteiger partial charge is 0.383 e. The predicted octanol–water partition coefficient (Wildman–Crippen LogP) is 3.48. The number of thioether (sulfide) groups is 1. The summed E-state index contributed by atoms with van der Waals surface area (Å²) in [4.78, 5) is 1.33. The molecule has 0 fully saturated rings. The minimum absolute atomic E-state index is 0.759. The summed E-state index contributed by atoms with van der Waals surface area (Å²) in [7, 11) is 1.72. The van der Waals surface area contributed by atoms with Gasteiger partial charge >= 0.3 is 0 Å². The van der Waals surface area contributed by atoms with Crippen molar-refractivity contribution in [1.82, 2.24) is 5.32 Å². The Labute approximate surface area is 115 Å². The molecule has 1 rings (SSSR count). The van der Waals surface area contributed by atoms with Crippen LogP contribution in [0, 0.1) is 0 Å². The second-order valence-electron chi connectivity index (χ2n) is 4.41. The fourth-order valence-electron chi connectivity index (χ4n) is 1.46. The van der Waals surface area contributed by atoms with Gasteiger partial charge in [-0.25, -0.2) is 0 Å². The second kappa shape index (κ2) is 9.20. The van der Waals surface area contributed by atoms with Crippen molar-refractivity contribution in [2.75, 3.05) is 26.0 Å². The van der Waals surface area contributed by atoms with E-state index in [2.05, 4.69) is 49.5 Å². The van der Waals surface area contributed by atoms with Crippen molar-refractivity contribution in [3.63, 3.8) is 0 Å². The molecule has 1 N–H and O–H groups in total. The van der Waals surface area contributed by atoms with Crippen molar-refractivity contribution in [2.24, 2.45) is 0 Å². The summed E-state index contributed by atoms with van der Waals surface area (Å²) in [6, 6.07) is 8.70. The van der Waals surface area contributed by atoms with Crippen LogP contribution in [0.3, 0.4) is 0 Å². The van der Waals surface area contributed by atoms with Crippen molar-refractivity contribution in [3.05, 3.63) is 41.5 Å². The van der Waals surface area contributed by atoms with Crippen molar-refractivity contribution < 1.29 is 4.74 Å². The molecule has 18 heavy (non-hydrogen) atoms. The van der Waals surface area contributed by atoms with Crippen LogP contribution in [0.4, 0.5) is 0 Å². The highest BCUT2D eigenvalue weighted by atomic mass is 32.2. The van der Waals surface area contributed by atoms with Gasteiger partial charge in [-0.1, -0.05) is 23.8 Å². The molecule has 0 atom stereocenters. The van der Waals surface area contributed by atoms with E-state index in [0.717, 1.165) is 25.4 Å². The highest BCUT2D eigenvalue weighted by Gasteiger charge is 1.96. The smallest absolute Gasteiger partial charge is 0.0587 e. The quantitative estimate of drug-likeness (QED) is 0.442. The molecular weight excluding hydrogens is 242 g/mol. The van der Waals surface area contributed by atoms with Gasteiger partial charge in [-0.15, -0.1) is 11.8 Å². The minimum Gasteiger partial charge on any atom is -0.383 e. The van der Waals surface area contributed by atoms with Gasteiger partial charge < -0.3 is 10.1 Å². The van der Waals surface area contributed by atoms with Gasteiger partial charge in [-0.3, -0.25) is 0 Å². The number of hydrogen-bond acceptors (Lipinski definition) is 3. The molecule has 3 heteroatoms. The van der Waals surface area contributed by atoms with Gasteiger partial charge in [0.05, 0.1) is 6.61 Å². The van der Waals surface area contributed by atoms with E-state index in [0.29, 0.717) is 0 Å². The normalized spacial score (nSPS) is 10.4. The van der Waals surface area contributed by atoms with E-state index in [-0.39, 0.29) is 0 Å². The molecule has 0 aromatic heterocycles. The lowest BCUT2D eigenvalue weighted by Crippen LogP contribution is -2.18. The van der Waals surface area contributed by atoms with Crippen LogP contribution in [-0.2, 0) is 11.3 Å². The van der Waals surface area contributed by atoms with Crippen molar-refractivity contribution in [3.8, 4) is 0 Å². The third kappa shape index (κ3) is 6.84. The van der Waals surface area contributed by atoms with Crippen LogP contribution in [0.2, 0.25) is 0 Å².